The zero-order chi connectivity index (χ0) is 15.0. The van der Waals surface area contributed by atoms with Gasteiger partial charge in [0.2, 0.25) is 0 Å². The summed E-state index contributed by atoms with van der Waals surface area (Å²) in [6, 6.07) is 8.43. The monoisotopic (exact) mass is 295 g/mol. The van der Waals surface area contributed by atoms with E-state index in [1.807, 2.05) is 13.0 Å². The Kier molecular flexibility index (Phi) is 6.19. The van der Waals surface area contributed by atoms with Gasteiger partial charge in [0.05, 0.1) is 29.7 Å². The summed E-state index contributed by atoms with van der Waals surface area (Å²) in [7, 11) is -3.46. The van der Waals surface area contributed by atoms with Crippen LogP contribution in [0.1, 0.15) is 24.8 Å². The van der Waals surface area contributed by atoms with E-state index >= 15 is 0 Å². The first kappa shape index (κ1) is 16.2. The minimum absolute atomic E-state index is 0.150. The van der Waals surface area contributed by atoms with E-state index in [2.05, 4.69) is 0 Å². The fraction of sp³-hybridized carbons (Fsp3) is 0.429. The summed E-state index contributed by atoms with van der Waals surface area (Å²) >= 11 is 0. The number of carbonyl (C=O) groups is 1. The number of rotatable bonds is 7. The van der Waals surface area contributed by atoms with Crippen molar-refractivity contribution in [2.45, 2.75) is 31.1 Å². The average molecular weight is 295 g/mol. The van der Waals surface area contributed by atoms with Crippen LogP contribution in [0.5, 0.6) is 0 Å². The third kappa shape index (κ3) is 5.41. The van der Waals surface area contributed by atoms with Gasteiger partial charge in [0, 0.05) is 6.42 Å². The molecule has 5 nitrogen and oxygen atoms in total. The molecule has 0 fully saturated rings. The summed E-state index contributed by atoms with van der Waals surface area (Å²) in [6.45, 7) is 2.02. The quantitative estimate of drug-likeness (QED) is 0.567. The van der Waals surface area contributed by atoms with Crippen LogP contribution in [0.15, 0.2) is 29.2 Å². The van der Waals surface area contributed by atoms with E-state index in [1.54, 1.807) is 12.1 Å². The predicted octanol–water partition coefficient (Wildman–Crippen LogP) is 2.01. The molecule has 108 valence electrons. The molecule has 0 saturated carbocycles. The van der Waals surface area contributed by atoms with Gasteiger partial charge < -0.3 is 4.74 Å². The molecule has 0 atom stereocenters. The van der Waals surface area contributed by atoms with Gasteiger partial charge >= 0.3 is 5.97 Å². The number of nitrogens with zero attached hydrogens (tertiary/aromatic N) is 1. The molecule has 0 spiro atoms. The summed E-state index contributed by atoms with van der Waals surface area (Å²) in [5.41, 5.74) is 0.973. The molecule has 6 heteroatoms. The van der Waals surface area contributed by atoms with Gasteiger partial charge in [0.25, 0.3) is 0 Å². The fourth-order valence-corrected chi connectivity index (χ4v) is 2.71. The summed E-state index contributed by atoms with van der Waals surface area (Å²) in [5, 5.41) is 8.32. The molecule has 0 radical (unpaired) electrons. The van der Waals surface area contributed by atoms with E-state index in [0.717, 1.165) is 5.56 Å². The summed E-state index contributed by atoms with van der Waals surface area (Å²) < 4.78 is 28.8. The molecule has 0 aliphatic rings. The number of benzene rings is 1. The van der Waals surface area contributed by atoms with Crippen molar-refractivity contribution in [1.82, 2.24) is 0 Å². The van der Waals surface area contributed by atoms with Crippen molar-refractivity contribution < 1.29 is 17.9 Å². The molecule has 0 amide bonds. The van der Waals surface area contributed by atoms with Crippen LogP contribution < -0.4 is 0 Å². The highest BCUT2D eigenvalue weighted by Crippen LogP contribution is 2.13. The van der Waals surface area contributed by atoms with Gasteiger partial charge in [-0.05, 0) is 25.5 Å². The van der Waals surface area contributed by atoms with Crippen LogP contribution in [-0.2, 0) is 19.4 Å². The number of esters is 1. The maximum atomic E-state index is 12.0. The zero-order valence-corrected chi connectivity index (χ0v) is 12.1. The Labute approximate surface area is 119 Å². The third-order valence-electron chi connectivity index (χ3n) is 2.65. The van der Waals surface area contributed by atoms with Crippen LogP contribution in [-0.4, -0.2) is 26.7 Å². The Bertz CT molecular complexity index is 585. The highest BCUT2D eigenvalue weighted by Gasteiger charge is 2.16. The van der Waals surface area contributed by atoms with Crippen molar-refractivity contribution in [2.75, 3.05) is 12.4 Å². The Balaban J connectivity index is 2.46. The average Bonchev–Trinajstić information content (AvgIpc) is 2.42. The molecule has 1 aromatic rings. The van der Waals surface area contributed by atoms with Gasteiger partial charge in [0.1, 0.15) is 0 Å². The maximum absolute atomic E-state index is 12.0. The molecule has 1 aromatic carbocycles. The molecule has 0 bridgehead atoms. The Morgan fingerprint density at radius 3 is 2.55 bits per heavy atom. The molecule has 0 aliphatic carbocycles. The van der Waals surface area contributed by atoms with E-state index in [0.29, 0.717) is 12.8 Å². The van der Waals surface area contributed by atoms with E-state index in [9.17, 15) is 13.2 Å². The van der Waals surface area contributed by atoms with Gasteiger partial charge in [-0.3, -0.25) is 4.79 Å². The van der Waals surface area contributed by atoms with Gasteiger partial charge in [-0.1, -0.05) is 17.7 Å². The normalized spacial score (nSPS) is 10.8. The summed E-state index contributed by atoms with van der Waals surface area (Å²) in [4.78, 5) is 11.6. The van der Waals surface area contributed by atoms with Gasteiger partial charge in [-0.25, -0.2) is 8.42 Å². The smallest absolute Gasteiger partial charge is 0.306 e. The number of nitriles is 1. The molecule has 1 rings (SSSR count). The first-order valence-corrected chi connectivity index (χ1v) is 7.93. The number of hydrogen-bond acceptors (Lipinski definition) is 5. The summed E-state index contributed by atoms with van der Waals surface area (Å²) in [6.07, 6.45) is 0.602. The number of carbonyl (C=O) groups excluding carboxylic acids is 1. The Morgan fingerprint density at radius 1 is 1.30 bits per heavy atom. The van der Waals surface area contributed by atoms with Crippen LogP contribution in [0.4, 0.5) is 0 Å². The molecule has 0 aliphatic heterocycles. The van der Waals surface area contributed by atoms with Crippen molar-refractivity contribution in [3.8, 4) is 6.07 Å². The van der Waals surface area contributed by atoms with E-state index in [-0.39, 0.29) is 23.7 Å². The van der Waals surface area contributed by atoms with Crippen LogP contribution in [0.2, 0.25) is 0 Å². The van der Waals surface area contributed by atoms with Crippen LogP contribution in [0.3, 0.4) is 0 Å². The van der Waals surface area contributed by atoms with Crippen molar-refractivity contribution >= 4 is 15.8 Å². The third-order valence-corrected chi connectivity index (χ3v) is 4.38. The van der Waals surface area contributed by atoms with Crippen molar-refractivity contribution in [2.24, 2.45) is 0 Å². The lowest BCUT2D eigenvalue weighted by molar-refractivity contribution is -0.143. The molecule has 0 saturated heterocycles. The predicted molar refractivity (Wildman–Crippen MR) is 73.7 cm³/mol. The van der Waals surface area contributed by atoms with Gasteiger partial charge in [-0.15, -0.1) is 0 Å². The van der Waals surface area contributed by atoms with Crippen LogP contribution in [0.25, 0.3) is 0 Å². The van der Waals surface area contributed by atoms with Crippen molar-refractivity contribution in [3.63, 3.8) is 0 Å². The second-order valence-corrected chi connectivity index (χ2v) is 6.47. The first-order valence-electron chi connectivity index (χ1n) is 6.28. The van der Waals surface area contributed by atoms with Crippen molar-refractivity contribution in [1.29, 1.82) is 5.26 Å². The lowest BCUT2D eigenvalue weighted by Gasteiger charge is -2.05. The summed E-state index contributed by atoms with van der Waals surface area (Å²) in [5.74, 6) is -0.828. The molecular formula is C14H17NO4S. The number of ether oxygens (including phenoxy) is 1. The molecule has 0 aromatic heterocycles. The minimum atomic E-state index is -3.46. The topological polar surface area (TPSA) is 84.2 Å². The highest BCUT2D eigenvalue weighted by atomic mass is 32.2. The van der Waals surface area contributed by atoms with Crippen LogP contribution in [0, 0.1) is 18.3 Å². The molecular weight excluding hydrogens is 278 g/mol. The molecule has 0 heterocycles. The molecule has 20 heavy (non-hydrogen) atoms. The standard InChI is InChI=1S/C14H17NO4S/c1-12-4-6-13(7-5-12)20(17,18)11-8-14(16)19-10-3-2-9-15/h4-7H,2-3,8,10-11H2,1H3. The highest BCUT2D eigenvalue weighted by molar-refractivity contribution is 7.91. The number of unbranched alkanes of at least 4 members (excludes halogenated alkanes) is 1. The second kappa shape index (κ2) is 7.65. The fourth-order valence-electron chi connectivity index (χ4n) is 1.49. The second-order valence-electron chi connectivity index (χ2n) is 4.36. The first-order chi connectivity index (χ1) is 9.45. The van der Waals surface area contributed by atoms with E-state index < -0.39 is 15.8 Å². The van der Waals surface area contributed by atoms with Gasteiger partial charge in [0.15, 0.2) is 9.84 Å². The minimum Gasteiger partial charge on any atom is -0.466 e. The molecule has 0 N–H and O–H groups in total. The lowest BCUT2D eigenvalue weighted by Crippen LogP contribution is -2.14. The maximum Gasteiger partial charge on any atom is 0.306 e. The number of aryl methyl sites for hydroxylation is 1. The van der Waals surface area contributed by atoms with E-state index in [4.69, 9.17) is 10.00 Å². The van der Waals surface area contributed by atoms with Crippen LogP contribution >= 0.6 is 0 Å². The number of sulfone groups is 1. The Hall–Kier alpha value is -1.87. The SMILES string of the molecule is Cc1ccc(S(=O)(=O)CCC(=O)OCCCC#N)cc1. The Morgan fingerprint density at radius 2 is 1.95 bits per heavy atom. The van der Waals surface area contributed by atoms with E-state index in [1.165, 1.54) is 12.1 Å². The lowest BCUT2D eigenvalue weighted by atomic mass is 10.2. The molecule has 0 unspecified atom stereocenters. The zero-order valence-electron chi connectivity index (χ0n) is 11.3. The van der Waals surface area contributed by atoms with Gasteiger partial charge in [-0.2, -0.15) is 5.26 Å². The van der Waals surface area contributed by atoms with Crippen molar-refractivity contribution in [3.05, 3.63) is 29.8 Å². The largest absolute Gasteiger partial charge is 0.466 e. The number of hydrogen-bond donors (Lipinski definition) is 0.